The summed E-state index contributed by atoms with van der Waals surface area (Å²) in [6.07, 6.45) is 38.9. The molecule has 11 fully saturated rings. The maximum Gasteiger partial charge on any atom is 0.373 e. The maximum atomic E-state index is 14.7. The minimum Gasteiger partial charge on any atom is -0.458 e. The second kappa shape index (κ2) is 43.3. The standard InChI is InChI=1S/C45H71FN2O4S.C43H62FN.C8H16ClNO2S.C6H13NO2S.C2H3ClO.CO2.2CH4/c1-31(2)34-13-20-45(47-23-24-48-25-26-53(50,51)28-32(3)27-48)22-21-42(7)36(39(34)45)9-10-38-41(6)16-14-35(40(4,5)37(41)15-17-43(38,42)8)33-11-18-44(29-46,19-12-33)52-30-49;1-29(2)32-17-24-43(45)26-25-40(6)34(37(32)43)13-14-36-39(5)20-18-33(38(3,4)35(39)19-21-41(36,40)7)31-15-22-42(28-44,23-16-31)27-30-11-9-8-10-12-30;1-8-6-10(3-2-9)4-5-13(11,12)7-8;1-6-4-7-2-3-10(8,9)5-6;3-1-2-4;2-1-3;;/h11,14,30,32,34,36-39,47H,1,9-10,12-13,15-29H2,2-8H3;8-12,15,18,32,34-37H,1,13-14,16-17,19-28,45H2,2-7H3;8H,2-7H2,1H3;6-7H,2-5H2,1H3;2H,1H2;;2*1H4/t32?,34-,36+,37-,38+,39+,41-,42+,43+,44+,45-;32-,34+,35-,36+,37+,39-,40+,41+,42-,43-;;;;;;/m00....../s1. The van der Waals surface area contributed by atoms with Gasteiger partial charge in [0.05, 0.1) is 47.1 Å². The Hall–Kier alpha value is -3.73. The number of halogens is 4. The molecule has 0 spiro atoms. The number of carbonyl (C=O) groups is 2. The summed E-state index contributed by atoms with van der Waals surface area (Å²) in [5, 5.41) is 7.32. The number of carbonyl (C=O) groups excluding carboxylic acids is 4. The van der Waals surface area contributed by atoms with Gasteiger partial charge in [-0.3, -0.25) is 9.18 Å². The number of nitrogens with zero attached hydrogens (tertiary/aromatic N) is 2. The molecule has 0 bridgehead atoms. The zero-order chi connectivity index (χ0) is 93.9. The Morgan fingerprint density at radius 3 is 1.52 bits per heavy atom. The summed E-state index contributed by atoms with van der Waals surface area (Å²) in [6.45, 7) is 52.7. The molecule has 0 amide bonds. The summed E-state index contributed by atoms with van der Waals surface area (Å²) < 4.78 is 104. The Morgan fingerprint density at radius 1 is 0.569 bits per heavy atom. The molecular weight excluding hydrogens is 1740 g/mol. The van der Waals surface area contributed by atoms with Gasteiger partial charge in [0.2, 0.25) is 0 Å². The molecule has 8 saturated carbocycles. The van der Waals surface area contributed by atoms with E-state index in [0.29, 0.717) is 138 Å². The van der Waals surface area contributed by atoms with Crippen molar-refractivity contribution in [2.45, 2.75) is 296 Å². The summed E-state index contributed by atoms with van der Waals surface area (Å²) in [5.41, 5.74) is 18.1. The van der Waals surface area contributed by atoms with Crippen molar-refractivity contribution in [3.63, 3.8) is 0 Å². The van der Waals surface area contributed by atoms with Gasteiger partial charge in [-0.25, -0.2) is 29.6 Å². The van der Waals surface area contributed by atoms with E-state index in [4.69, 9.17) is 48.1 Å². The first-order chi connectivity index (χ1) is 60.1. The predicted molar refractivity (Wildman–Crippen MR) is 531 cm³/mol. The van der Waals surface area contributed by atoms with E-state index in [2.05, 4.69) is 178 Å². The van der Waals surface area contributed by atoms with Gasteiger partial charge >= 0.3 is 6.15 Å². The Balaban J connectivity index is 0.000000221. The summed E-state index contributed by atoms with van der Waals surface area (Å²) in [6, 6.07) is 10.6. The lowest BCUT2D eigenvalue weighted by molar-refractivity contribution is -0.221. The van der Waals surface area contributed by atoms with Gasteiger partial charge in [0, 0.05) is 81.2 Å². The monoisotopic (exact) mass is 1910 g/mol. The van der Waals surface area contributed by atoms with Crippen molar-refractivity contribution < 1.29 is 57.9 Å². The molecule has 738 valence electrons. The number of nitrogens with one attached hydrogen (secondary N) is 2. The van der Waals surface area contributed by atoms with Crippen LogP contribution in [0.15, 0.2) is 101 Å². The number of rotatable bonds is 17. The van der Waals surface area contributed by atoms with Crippen LogP contribution < -0.4 is 16.4 Å². The van der Waals surface area contributed by atoms with Crippen LogP contribution in [0, 0.1) is 126 Å². The third-order valence-corrected chi connectivity index (χ3v) is 44.2. The van der Waals surface area contributed by atoms with Gasteiger partial charge < -0.3 is 35.7 Å². The molecule has 16 rings (SSSR count). The molecular formula is C107H173Cl2F2N5O11S3. The number of alkyl halides is 4. The van der Waals surface area contributed by atoms with E-state index in [9.17, 15) is 38.8 Å². The molecule has 23 atom stereocenters. The van der Waals surface area contributed by atoms with Crippen molar-refractivity contribution in [3.8, 4) is 0 Å². The lowest BCUT2D eigenvalue weighted by Crippen LogP contribution is -2.68. The predicted octanol–water partition coefficient (Wildman–Crippen LogP) is 21.4. The zero-order valence-corrected chi connectivity index (χ0v) is 85.0. The summed E-state index contributed by atoms with van der Waals surface area (Å²) in [5.74, 6) is 9.69. The van der Waals surface area contributed by atoms with Gasteiger partial charge in [-0.15, -0.1) is 23.2 Å². The van der Waals surface area contributed by atoms with E-state index in [0.717, 1.165) is 89.6 Å². The minimum atomic E-state index is -2.95. The van der Waals surface area contributed by atoms with Crippen LogP contribution in [0.25, 0.3) is 0 Å². The van der Waals surface area contributed by atoms with Crippen molar-refractivity contribution in [2.75, 3.05) is 119 Å². The van der Waals surface area contributed by atoms with Gasteiger partial charge in [-0.1, -0.05) is 184 Å². The molecule has 1 aromatic rings. The topological polar surface area (TPSA) is 236 Å². The molecule has 0 aromatic heterocycles. The molecule has 4 N–H and O–H groups in total. The number of ether oxygens (including phenoxy) is 1. The highest BCUT2D eigenvalue weighted by molar-refractivity contribution is 7.91. The largest absolute Gasteiger partial charge is 0.458 e. The number of benzene rings is 1. The summed E-state index contributed by atoms with van der Waals surface area (Å²) >= 11 is 10.4. The Kier molecular flexibility index (Phi) is 36.6. The first-order valence-corrected chi connectivity index (χ1v) is 55.9. The molecule has 23 heteroatoms. The molecule has 3 saturated heterocycles. The average Bonchev–Trinajstić information content (AvgIpc) is 1.10. The van der Waals surface area contributed by atoms with Crippen molar-refractivity contribution in [2.24, 2.45) is 131 Å². The van der Waals surface area contributed by atoms with Crippen LogP contribution in [-0.4, -0.2) is 189 Å². The van der Waals surface area contributed by atoms with Gasteiger partial charge in [-0.05, 0) is 323 Å². The Labute approximate surface area is 797 Å². The number of fused-ring (bicyclic) bond motifs is 14. The number of allylic oxidation sites excluding steroid dienone is 9. The summed E-state index contributed by atoms with van der Waals surface area (Å²) in [4.78, 5) is 41.0. The second-order valence-corrected chi connectivity index (χ2v) is 53.9. The fraction of sp³-hybridized carbons (Fsp3) is 0.804. The molecule has 3 heterocycles. The maximum absolute atomic E-state index is 14.7. The van der Waals surface area contributed by atoms with E-state index >= 15 is 0 Å². The molecule has 3 unspecified atom stereocenters. The van der Waals surface area contributed by atoms with Crippen LogP contribution in [0.2, 0.25) is 0 Å². The first-order valence-electron chi connectivity index (χ1n) is 49.3. The van der Waals surface area contributed by atoms with Gasteiger partial charge in [-0.2, -0.15) is 9.59 Å². The van der Waals surface area contributed by atoms with E-state index < -0.39 is 41.8 Å². The van der Waals surface area contributed by atoms with Crippen LogP contribution >= 0.6 is 23.2 Å². The number of hydrogen-bond donors (Lipinski definition) is 3. The summed E-state index contributed by atoms with van der Waals surface area (Å²) in [7, 11) is -8.49. The SMILES string of the molecule is C.C.C=C(C)[C@@H]1CC[C@]2(N)CC[C@]3(C)[C@H](CC[C@@H]4[C@@]5(C)CC=C(C6=CC[C@@](CF)(Cc7ccccc7)CC6)C(C)(C)[C@@H]5CC[C@]43C)[C@@H]12.C=C(C)[C@@H]1CC[C@]2(NCCN3CCS(=O)(=O)CC(C)C3)CC[C@]3(C)[C@H](CC[C@@H]4[C@@]5(C)CC=C(C6=CC[C@@](CF)(OC=O)CC6)C(C)(C)[C@@H]5CC[C@]43C)[C@@H]12.CC1CN(CCCl)CCS(=O)(=O)C1.CC1CNCCS(=O)(=O)C1.O=C=O.O=CCCl. The third-order valence-electron chi connectivity index (χ3n) is 38.2. The Morgan fingerprint density at radius 2 is 1.05 bits per heavy atom. The molecule has 3 aliphatic heterocycles. The number of sulfone groups is 3. The van der Waals surface area contributed by atoms with Crippen molar-refractivity contribution >= 4 is 71.6 Å². The van der Waals surface area contributed by atoms with Crippen LogP contribution in [0.5, 0.6) is 0 Å². The van der Waals surface area contributed by atoms with Crippen LogP contribution in [0.3, 0.4) is 0 Å². The quantitative estimate of drug-likeness (QED) is 0.0747. The fourth-order valence-electron chi connectivity index (χ4n) is 31.9. The average molecular weight is 1910 g/mol. The van der Waals surface area contributed by atoms with Gasteiger partial charge in [0.25, 0.3) is 6.47 Å². The second-order valence-electron chi connectivity index (χ2n) is 46.5. The van der Waals surface area contributed by atoms with Crippen molar-refractivity contribution in [3.05, 3.63) is 107 Å². The normalized spacial score (nSPS) is 40.9. The number of nitrogens with two attached hydrogens (primary N) is 1. The lowest BCUT2D eigenvalue weighted by atomic mass is 9.33. The highest BCUT2D eigenvalue weighted by atomic mass is 35.5. The molecule has 0 radical (unpaired) electrons. The highest BCUT2D eigenvalue weighted by Gasteiger charge is 2.73. The Bertz CT molecular complexity index is 4600. The zero-order valence-electron chi connectivity index (χ0n) is 81.1. The van der Waals surface area contributed by atoms with E-state index in [1.807, 2.05) is 13.8 Å². The molecule has 1 aromatic carbocycles. The number of hydrogen-bond acceptors (Lipinski definition) is 16. The number of aldehydes is 1. The molecule has 12 aliphatic carbocycles. The minimum absolute atomic E-state index is 0. The first kappa shape index (κ1) is 110. The van der Waals surface area contributed by atoms with Crippen LogP contribution in [0.4, 0.5) is 8.78 Å². The van der Waals surface area contributed by atoms with E-state index in [1.165, 1.54) is 143 Å². The third kappa shape index (κ3) is 22.3. The van der Waals surface area contributed by atoms with Crippen molar-refractivity contribution in [1.29, 1.82) is 0 Å². The fourth-order valence-corrected chi connectivity index (χ4v) is 37.1. The van der Waals surface area contributed by atoms with Gasteiger partial charge in [0.15, 0.2) is 29.5 Å². The van der Waals surface area contributed by atoms with E-state index in [-0.39, 0.29) is 106 Å². The lowest BCUT2D eigenvalue weighted by Gasteiger charge is -2.72. The van der Waals surface area contributed by atoms with Crippen LogP contribution in [0.1, 0.15) is 278 Å². The van der Waals surface area contributed by atoms with E-state index in [1.54, 1.807) is 5.57 Å². The van der Waals surface area contributed by atoms with Crippen LogP contribution in [-0.2, 0) is 59.8 Å². The highest BCUT2D eigenvalue weighted by Crippen LogP contribution is 2.79. The van der Waals surface area contributed by atoms with Gasteiger partial charge in [0.1, 0.15) is 18.6 Å². The molecule has 15 aliphatic rings. The van der Waals surface area contributed by atoms with Crippen molar-refractivity contribution in [1.82, 2.24) is 20.4 Å². The smallest absolute Gasteiger partial charge is 0.373 e. The molecule has 130 heavy (non-hydrogen) atoms. The molecule has 16 nitrogen and oxygen atoms in total.